The van der Waals surface area contributed by atoms with Crippen molar-refractivity contribution >= 4 is 17.1 Å². The number of carboxylic acids is 1. The third-order valence-electron chi connectivity index (χ3n) is 2.79. The minimum absolute atomic E-state index is 0.177. The molecule has 0 radical (unpaired) electrons. The van der Waals surface area contributed by atoms with Gasteiger partial charge in [0.05, 0.1) is 11.1 Å². The molecule has 2 aromatic rings. The third kappa shape index (κ3) is 2.27. The monoisotopic (exact) mass is 233 g/mol. The molecule has 0 saturated carbocycles. The molecule has 0 aliphatic carbocycles. The van der Waals surface area contributed by atoms with E-state index in [1.165, 1.54) is 6.20 Å². The molecule has 0 aliphatic heterocycles. The molecule has 5 heteroatoms. The highest BCUT2D eigenvalue weighted by molar-refractivity contribution is 5.90. The summed E-state index contributed by atoms with van der Waals surface area (Å²) in [6.45, 7) is 4.22. The van der Waals surface area contributed by atoms with E-state index in [4.69, 9.17) is 5.11 Å². The molecule has 5 nitrogen and oxygen atoms in total. The van der Waals surface area contributed by atoms with Crippen molar-refractivity contribution in [3.63, 3.8) is 0 Å². The highest BCUT2D eigenvalue weighted by Gasteiger charge is 2.12. The van der Waals surface area contributed by atoms with E-state index in [0.29, 0.717) is 17.1 Å². The fourth-order valence-corrected chi connectivity index (χ4v) is 1.84. The van der Waals surface area contributed by atoms with Crippen LogP contribution in [0.15, 0.2) is 12.3 Å². The maximum atomic E-state index is 10.8. The van der Waals surface area contributed by atoms with Gasteiger partial charge in [0.1, 0.15) is 5.82 Å². The quantitative estimate of drug-likeness (QED) is 0.850. The van der Waals surface area contributed by atoms with Crippen molar-refractivity contribution in [3.8, 4) is 0 Å². The lowest BCUT2D eigenvalue weighted by atomic mass is 10.1. The average Bonchev–Trinajstić information content (AvgIpc) is 2.71. The first-order valence-electron chi connectivity index (χ1n) is 5.70. The first-order chi connectivity index (χ1) is 8.11. The number of carboxylic acid groups (broad SMARTS) is 1. The Bertz CT molecular complexity index is 548. The second kappa shape index (κ2) is 4.53. The summed E-state index contributed by atoms with van der Waals surface area (Å²) < 4.78 is 0. The van der Waals surface area contributed by atoms with Crippen molar-refractivity contribution < 1.29 is 9.90 Å². The van der Waals surface area contributed by atoms with Crippen LogP contribution in [0.2, 0.25) is 0 Å². The number of nitrogens with one attached hydrogen (secondary N) is 1. The number of rotatable bonds is 4. The molecule has 2 N–H and O–H groups in total. The Balaban J connectivity index is 2.40. The molecule has 0 spiro atoms. The largest absolute Gasteiger partial charge is 0.478 e. The van der Waals surface area contributed by atoms with Crippen LogP contribution in [0.4, 0.5) is 0 Å². The van der Waals surface area contributed by atoms with E-state index in [0.717, 1.165) is 18.7 Å². The van der Waals surface area contributed by atoms with Crippen molar-refractivity contribution in [2.45, 2.75) is 32.6 Å². The molecular formula is C12H15N3O2. The zero-order valence-corrected chi connectivity index (χ0v) is 9.90. The number of aromatic carboxylic acids is 1. The van der Waals surface area contributed by atoms with Gasteiger partial charge in [-0.05, 0) is 12.5 Å². The Morgan fingerprint density at radius 3 is 3.00 bits per heavy atom. The Morgan fingerprint density at radius 1 is 1.59 bits per heavy atom. The number of carbonyl (C=O) groups is 1. The topological polar surface area (TPSA) is 78.9 Å². The number of pyridine rings is 1. The summed E-state index contributed by atoms with van der Waals surface area (Å²) in [5, 5.41) is 8.87. The summed E-state index contributed by atoms with van der Waals surface area (Å²) in [6.07, 6.45) is 3.47. The van der Waals surface area contributed by atoms with Gasteiger partial charge >= 0.3 is 5.97 Å². The predicted molar refractivity (Wildman–Crippen MR) is 64.2 cm³/mol. The zero-order chi connectivity index (χ0) is 12.4. The predicted octanol–water partition coefficient (Wildman–Crippen LogP) is 2.56. The lowest BCUT2D eigenvalue weighted by molar-refractivity contribution is 0.0696. The number of imidazole rings is 1. The van der Waals surface area contributed by atoms with E-state index >= 15 is 0 Å². The van der Waals surface area contributed by atoms with Crippen molar-refractivity contribution in [1.29, 1.82) is 0 Å². The number of hydrogen-bond donors (Lipinski definition) is 2. The van der Waals surface area contributed by atoms with Gasteiger partial charge < -0.3 is 10.1 Å². The first-order valence-corrected chi connectivity index (χ1v) is 5.70. The number of aromatic nitrogens is 3. The Kier molecular flexibility index (Phi) is 3.08. The van der Waals surface area contributed by atoms with E-state index in [2.05, 4.69) is 28.8 Å². The van der Waals surface area contributed by atoms with Crippen LogP contribution >= 0.6 is 0 Å². The van der Waals surface area contributed by atoms with Gasteiger partial charge in [0, 0.05) is 12.1 Å². The lowest BCUT2D eigenvalue weighted by Crippen LogP contribution is -1.96. The summed E-state index contributed by atoms with van der Waals surface area (Å²) in [4.78, 5) is 22.4. The van der Waals surface area contributed by atoms with Gasteiger partial charge in [-0.2, -0.15) is 0 Å². The van der Waals surface area contributed by atoms with Crippen LogP contribution in [0.5, 0.6) is 0 Å². The highest BCUT2D eigenvalue weighted by atomic mass is 16.4. The molecular weight excluding hydrogens is 218 g/mol. The molecule has 2 rings (SSSR count). The van der Waals surface area contributed by atoms with Gasteiger partial charge in [0.25, 0.3) is 0 Å². The SMILES string of the molecule is CCCC(C)c1nc2ncc(C(=O)O)cc2[nH]1. The molecule has 0 amide bonds. The molecule has 1 atom stereocenters. The second-order valence-corrected chi connectivity index (χ2v) is 4.21. The fourth-order valence-electron chi connectivity index (χ4n) is 1.84. The molecule has 2 heterocycles. The standard InChI is InChI=1S/C12H15N3O2/c1-3-4-7(2)10-14-9-5-8(12(16)17)6-13-11(9)15-10/h5-7H,3-4H2,1-2H3,(H,16,17)(H,13,14,15). The zero-order valence-electron chi connectivity index (χ0n) is 9.90. The molecule has 1 unspecified atom stereocenters. The van der Waals surface area contributed by atoms with Crippen LogP contribution < -0.4 is 0 Å². The summed E-state index contributed by atoms with van der Waals surface area (Å²) >= 11 is 0. The molecule has 0 bridgehead atoms. The van der Waals surface area contributed by atoms with Gasteiger partial charge in [0.15, 0.2) is 5.65 Å². The molecule has 2 aromatic heterocycles. The minimum Gasteiger partial charge on any atom is -0.478 e. The third-order valence-corrected chi connectivity index (χ3v) is 2.79. The molecule has 0 fully saturated rings. The Morgan fingerprint density at radius 2 is 2.35 bits per heavy atom. The Hall–Kier alpha value is -1.91. The van der Waals surface area contributed by atoms with Gasteiger partial charge in [-0.25, -0.2) is 14.8 Å². The molecule has 0 aliphatic rings. The molecule has 0 aromatic carbocycles. The van der Waals surface area contributed by atoms with Crippen molar-refractivity contribution in [2.24, 2.45) is 0 Å². The number of hydrogen-bond acceptors (Lipinski definition) is 3. The van der Waals surface area contributed by atoms with Gasteiger partial charge in [-0.15, -0.1) is 0 Å². The summed E-state index contributed by atoms with van der Waals surface area (Å²) in [5.74, 6) is 0.233. The summed E-state index contributed by atoms with van der Waals surface area (Å²) in [5.41, 5.74) is 1.44. The van der Waals surface area contributed by atoms with Crippen LogP contribution in [0.1, 0.15) is 48.8 Å². The fraction of sp³-hybridized carbons (Fsp3) is 0.417. The van der Waals surface area contributed by atoms with Crippen LogP contribution in [0.25, 0.3) is 11.2 Å². The van der Waals surface area contributed by atoms with E-state index in [9.17, 15) is 4.79 Å². The normalized spacial score (nSPS) is 12.8. The number of nitrogens with zero attached hydrogens (tertiary/aromatic N) is 2. The van der Waals surface area contributed by atoms with Crippen LogP contribution in [0.3, 0.4) is 0 Å². The summed E-state index contributed by atoms with van der Waals surface area (Å²) in [7, 11) is 0. The maximum Gasteiger partial charge on any atom is 0.337 e. The van der Waals surface area contributed by atoms with Crippen LogP contribution in [0, 0.1) is 0 Å². The van der Waals surface area contributed by atoms with Crippen LogP contribution in [-0.4, -0.2) is 26.0 Å². The second-order valence-electron chi connectivity index (χ2n) is 4.21. The van der Waals surface area contributed by atoms with Gasteiger partial charge in [0.2, 0.25) is 0 Å². The number of H-pyrrole nitrogens is 1. The molecule has 0 saturated heterocycles. The van der Waals surface area contributed by atoms with Gasteiger partial charge in [-0.1, -0.05) is 20.3 Å². The van der Waals surface area contributed by atoms with E-state index in [1.807, 2.05) is 0 Å². The highest BCUT2D eigenvalue weighted by Crippen LogP contribution is 2.20. The lowest BCUT2D eigenvalue weighted by Gasteiger charge is -2.04. The molecule has 90 valence electrons. The van der Waals surface area contributed by atoms with E-state index < -0.39 is 5.97 Å². The minimum atomic E-state index is -0.975. The average molecular weight is 233 g/mol. The Labute approximate surface area is 98.9 Å². The first kappa shape index (κ1) is 11.6. The van der Waals surface area contributed by atoms with E-state index in [-0.39, 0.29) is 5.56 Å². The smallest absolute Gasteiger partial charge is 0.337 e. The van der Waals surface area contributed by atoms with Crippen molar-refractivity contribution in [3.05, 3.63) is 23.7 Å². The van der Waals surface area contributed by atoms with Crippen molar-refractivity contribution in [2.75, 3.05) is 0 Å². The number of fused-ring (bicyclic) bond motifs is 1. The maximum absolute atomic E-state index is 10.8. The van der Waals surface area contributed by atoms with E-state index in [1.54, 1.807) is 6.07 Å². The molecule has 17 heavy (non-hydrogen) atoms. The number of aromatic amines is 1. The van der Waals surface area contributed by atoms with Crippen LogP contribution in [-0.2, 0) is 0 Å². The van der Waals surface area contributed by atoms with Crippen molar-refractivity contribution in [1.82, 2.24) is 15.0 Å². The van der Waals surface area contributed by atoms with Gasteiger partial charge in [-0.3, -0.25) is 0 Å². The summed E-state index contributed by atoms with van der Waals surface area (Å²) in [6, 6.07) is 1.57.